The van der Waals surface area contributed by atoms with Gasteiger partial charge in [-0.05, 0) is 48.2 Å². The second kappa shape index (κ2) is 5.97. The van der Waals surface area contributed by atoms with E-state index in [0.29, 0.717) is 11.4 Å². The van der Waals surface area contributed by atoms with Gasteiger partial charge >= 0.3 is 0 Å². The zero-order valence-corrected chi connectivity index (χ0v) is 12.2. The van der Waals surface area contributed by atoms with E-state index < -0.39 is 0 Å². The maximum atomic E-state index is 6.47. The minimum atomic E-state index is -0.122. The Labute approximate surface area is 122 Å². The van der Waals surface area contributed by atoms with Gasteiger partial charge in [0.25, 0.3) is 0 Å². The summed E-state index contributed by atoms with van der Waals surface area (Å²) in [5, 5.41) is 1.34. The lowest BCUT2D eigenvalue weighted by Gasteiger charge is -2.14. The Kier molecular flexibility index (Phi) is 4.55. The van der Waals surface area contributed by atoms with E-state index in [1.54, 1.807) is 0 Å². The van der Waals surface area contributed by atoms with Gasteiger partial charge < -0.3 is 0 Å². The molecule has 0 aliphatic carbocycles. The molecule has 0 amide bonds. The molecule has 2 aromatic carbocycles. The molecule has 0 aliphatic heterocycles. The van der Waals surface area contributed by atoms with E-state index in [-0.39, 0.29) is 5.38 Å². The smallest absolute Gasteiger partial charge is 0.0629 e. The first-order valence-electron chi connectivity index (χ1n) is 5.71. The van der Waals surface area contributed by atoms with Crippen molar-refractivity contribution in [3.05, 3.63) is 69.2 Å². The van der Waals surface area contributed by atoms with Crippen LogP contribution >= 0.6 is 34.8 Å². The summed E-state index contributed by atoms with van der Waals surface area (Å²) < 4.78 is 0. The molecule has 2 rings (SSSR count). The van der Waals surface area contributed by atoms with Crippen LogP contribution in [0.25, 0.3) is 0 Å². The fourth-order valence-corrected chi connectivity index (χ4v) is 2.71. The van der Waals surface area contributed by atoms with Crippen LogP contribution in [-0.2, 0) is 6.42 Å². The van der Waals surface area contributed by atoms with Gasteiger partial charge in [0.05, 0.1) is 5.38 Å². The van der Waals surface area contributed by atoms with Crippen molar-refractivity contribution >= 4 is 34.8 Å². The van der Waals surface area contributed by atoms with Gasteiger partial charge in [-0.2, -0.15) is 0 Å². The lowest BCUT2D eigenvalue weighted by Crippen LogP contribution is -1.99. The van der Waals surface area contributed by atoms with Crippen LogP contribution in [0.5, 0.6) is 0 Å². The first kappa shape index (κ1) is 13.7. The van der Waals surface area contributed by atoms with Crippen LogP contribution in [0.15, 0.2) is 42.5 Å². The maximum Gasteiger partial charge on any atom is 0.0629 e. The van der Waals surface area contributed by atoms with Crippen LogP contribution in [0.1, 0.15) is 22.1 Å². The third-order valence-electron chi connectivity index (χ3n) is 2.94. The standard InChI is InChI=1S/C15H13Cl3/c1-10-6-7-12(16)9-13(10)15(18)8-11-4-2-3-5-14(11)17/h2-7,9,15H,8H2,1H3. The number of rotatable bonds is 3. The quantitative estimate of drug-likeness (QED) is 0.626. The zero-order valence-electron chi connectivity index (χ0n) is 9.96. The highest BCUT2D eigenvalue weighted by Gasteiger charge is 2.13. The topological polar surface area (TPSA) is 0 Å². The van der Waals surface area contributed by atoms with Crippen molar-refractivity contribution in [1.29, 1.82) is 0 Å². The molecule has 0 fully saturated rings. The second-order valence-corrected chi connectivity index (χ2v) is 5.63. The molecule has 18 heavy (non-hydrogen) atoms. The molecule has 0 aromatic heterocycles. The first-order valence-corrected chi connectivity index (χ1v) is 6.90. The Bertz CT molecular complexity index is 549. The lowest BCUT2D eigenvalue weighted by molar-refractivity contribution is 0.910. The van der Waals surface area contributed by atoms with E-state index in [9.17, 15) is 0 Å². The van der Waals surface area contributed by atoms with Crippen molar-refractivity contribution in [2.24, 2.45) is 0 Å². The molecular weight excluding hydrogens is 287 g/mol. The molecule has 3 heteroatoms. The van der Waals surface area contributed by atoms with Crippen LogP contribution in [-0.4, -0.2) is 0 Å². The van der Waals surface area contributed by atoms with Crippen molar-refractivity contribution in [3.8, 4) is 0 Å². The number of hydrogen-bond acceptors (Lipinski definition) is 0. The third kappa shape index (κ3) is 3.20. The van der Waals surface area contributed by atoms with Crippen molar-refractivity contribution in [3.63, 3.8) is 0 Å². The molecule has 0 heterocycles. The number of halogens is 3. The second-order valence-electron chi connectivity index (χ2n) is 4.26. The van der Waals surface area contributed by atoms with Gasteiger partial charge in [0, 0.05) is 10.0 Å². The van der Waals surface area contributed by atoms with E-state index >= 15 is 0 Å². The van der Waals surface area contributed by atoms with E-state index in [0.717, 1.165) is 21.7 Å². The van der Waals surface area contributed by atoms with Crippen molar-refractivity contribution in [1.82, 2.24) is 0 Å². The normalized spacial score (nSPS) is 12.4. The van der Waals surface area contributed by atoms with E-state index in [2.05, 4.69) is 0 Å². The zero-order chi connectivity index (χ0) is 13.1. The van der Waals surface area contributed by atoms with Crippen LogP contribution in [0.3, 0.4) is 0 Å². The van der Waals surface area contributed by atoms with Crippen molar-refractivity contribution in [2.75, 3.05) is 0 Å². The number of benzene rings is 2. The molecule has 0 bridgehead atoms. The van der Waals surface area contributed by atoms with Gasteiger partial charge in [0.15, 0.2) is 0 Å². The molecule has 0 saturated carbocycles. The number of hydrogen-bond donors (Lipinski definition) is 0. The van der Waals surface area contributed by atoms with Gasteiger partial charge in [-0.25, -0.2) is 0 Å². The molecule has 1 unspecified atom stereocenters. The minimum absolute atomic E-state index is 0.122. The highest BCUT2D eigenvalue weighted by Crippen LogP contribution is 2.31. The summed E-state index contributed by atoms with van der Waals surface area (Å²) in [6.45, 7) is 2.04. The number of aryl methyl sites for hydroxylation is 1. The van der Waals surface area contributed by atoms with E-state index in [1.165, 1.54) is 0 Å². The Hall–Kier alpha value is -0.690. The Morgan fingerprint density at radius 3 is 2.50 bits per heavy atom. The Morgan fingerprint density at radius 2 is 1.78 bits per heavy atom. The highest BCUT2D eigenvalue weighted by atomic mass is 35.5. The Morgan fingerprint density at radius 1 is 1.06 bits per heavy atom. The van der Waals surface area contributed by atoms with Crippen LogP contribution in [0, 0.1) is 6.92 Å². The van der Waals surface area contributed by atoms with E-state index in [4.69, 9.17) is 34.8 Å². The van der Waals surface area contributed by atoms with Crippen LogP contribution in [0.2, 0.25) is 10.0 Å². The minimum Gasteiger partial charge on any atom is -0.117 e. The SMILES string of the molecule is Cc1ccc(Cl)cc1C(Cl)Cc1ccccc1Cl. The van der Waals surface area contributed by atoms with Gasteiger partial charge in [-0.1, -0.05) is 47.5 Å². The number of alkyl halides is 1. The predicted octanol–water partition coefficient (Wildman–Crippen LogP) is 5.82. The lowest BCUT2D eigenvalue weighted by atomic mass is 10.00. The van der Waals surface area contributed by atoms with Gasteiger partial charge in [-0.3, -0.25) is 0 Å². The fourth-order valence-electron chi connectivity index (χ4n) is 1.92. The summed E-state index contributed by atoms with van der Waals surface area (Å²) in [6, 6.07) is 13.5. The molecule has 0 nitrogen and oxygen atoms in total. The van der Waals surface area contributed by atoms with Crippen molar-refractivity contribution < 1.29 is 0 Å². The largest absolute Gasteiger partial charge is 0.117 e. The maximum absolute atomic E-state index is 6.47. The third-order valence-corrected chi connectivity index (χ3v) is 3.93. The summed E-state index contributed by atoms with van der Waals surface area (Å²) in [5.74, 6) is 0. The molecule has 94 valence electrons. The molecule has 2 aromatic rings. The highest BCUT2D eigenvalue weighted by molar-refractivity contribution is 6.31. The summed E-state index contributed by atoms with van der Waals surface area (Å²) >= 11 is 18.6. The monoisotopic (exact) mass is 298 g/mol. The summed E-state index contributed by atoms with van der Waals surface area (Å²) in [7, 11) is 0. The van der Waals surface area contributed by atoms with Crippen LogP contribution in [0.4, 0.5) is 0 Å². The van der Waals surface area contributed by atoms with Gasteiger partial charge in [0.2, 0.25) is 0 Å². The molecule has 0 spiro atoms. The molecule has 0 radical (unpaired) electrons. The summed E-state index contributed by atoms with van der Waals surface area (Å²) in [5.41, 5.74) is 3.26. The summed E-state index contributed by atoms with van der Waals surface area (Å²) in [4.78, 5) is 0. The Balaban J connectivity index is 2.25. The van der Waals surface area contributed by atoms with Crippen molar-refractivity contribution in [2.45, 2.75) is 18.7 Å². The summed E-state index contributed by atoms with van der Waals surface area (Å²) in [6.07, 6.45) is 0.697. The fraction of sp³-hybridized carbons (Fsp3) is 0.200. The van der Waals surface area contributed by atoms with Gasteiger partial charge in [0.1, 0.15) is 0 Å². The van der Waals surface area contributed by atoms with Crippen LogP contribution < -0.4 is 0 Å². The van der Waals surface area contributed by atoms with Gasteiger partial charge in [-0.15, -0.1) is 11.6 Å². The average molecular weight is 300 g/mol. The average Bonchev–Trinajstić information content (AvgIpc) is 2.35. The molecule has 1 atom stereocenters. The molecule has 0 saturated heterocycles. The molecular formula is C15H13Cl3. The predicted molar refractivity (Wildman–Crippen MR) is 79.9 cm³/mol. The van der Waals surface area contributed by atoms with E-state index in [1.807, 2.05) is 49.4 Å². The first-order chi connectivity index (χ1) is 8.58. The molecule has 0 aliphatic rings. The molecule has 0 N–H and O–H groups in total.